The van der Waals surface area contributed by atoms with Crippen LogP contribution in [0.5, 0.6) is 5.75 Å². The minimum absolute atomic E-state index is 0.360. The summed E-state index contributed by atoms with van der Waals surface area (Å²) < 4.78 is 45.1. The number of nitrogens with zero attached hydrogens (tertiary/aromatic N) is 2. The van der Waals surface area contributed by atoms with Gasteiger partial charge in [0.25, 0.3) is 0 Å². The fourth-order valence-electron chi connectivity index (χ4n) is 2.17. The Bertz CT molecular complexity index is 601. The number of rotatable bonds is 4. The molecule has 114 valence electrons. The summed E-state index contributed by atoms with van der Waals surface area (Å²) in [5.41, 5.74) is 6.31. The fourth-order valence-corrected chi connectivity index (χ4v) is 2.17. The van der Waals surface area contributed by atoms with Gasteiger partial charge in [0.15, 0.2) is 5.75 Å². The van der Waals surface area contributed by atoms with Crippen LogP contribution < -0.4 is 10.5 Å². The summed E-state index contributed by atoms with van der Waals surface area (Å²) in [7, 11) is 1.47. The van der Waals surface area contributed by atoms with Gasteiger partial charge < -0.3 is 10.5 Å². The van der Waals surface area contributed by atoms with E-state index in [1.165, 1.54) is 19.4 Å². The van der Waals surface area contributed by atoms with Crippen molar-refractivity contribution in [1.29, 1.82) is 0 Å². The molecule has 0 bridgehead atoms. The van der Waals surface area contributed by atoms with E-state index in [1.807, 2.05) is 6.92 Å². The van der Waals surface area contributed by atoms with Crippen LogP contribution in [0, 0.1) is 0 Å². The lowest BCUT2D eigenvalue weighted by molar-refractivity contribution is -0.137. The number of hydrogen-bond donors (Lipinski definition) is 1. The molecular formula is C14H16F3N3O. The monoisotopic (exact) mass is 299 g/mol. The van der Waals surface area contributed by atoms with Gasteiger partial charge in [-0.1, -0.05) is 12.1 Å². The van der Waals surface area contributed by atoms with Gasteiger partial charge in [0.2, 0.25) is 0 Å². The van der Waals surface area contributed by atoms with Crippen LogP contribution in [0.2, 0.25) is 0 Å². The lowest BCUT2D eigenvalue weighted by atomic mass is 10.0. The van der Waals surface area contributed by atoms with Gasteiger partial charge in [0.05, 0.1) is 24.9 Å². The van der Waals surface area contributed by atoms with Crippen LogP contribution >= 0.6 is 0 Å². The number of halogens is 3. The molecule has 1 aromatic carbocycles. The predicted molar refractivity (Wildman–Crippen MR) is 71.9 cm³/mol. The van der Waals surface area contributed by atoms with Gasteiger partial charge in [-0.25, -0.2) is 0 Å². The van der Waals surface area contributed by atoms with Gasteiger partial charge in [-0.3, -0.25) is 4.68 Å². The van der Waals surface area contributed by atoms with E-state index in [0.717, 1.165) is 12.1 Å². The Kier molecular flexibility index (Phi) is 4.22. The Balaban J connectivity index is 2.45. The summed E-state index contributed by atoms with van der Waals surface area (Å²) in [5, 5.41) is 4.11. The molecule has 0 saturated heterocycles. The molecule has 0 fully saturated rings. The van der Waals surface area contributed by atoms with Crippen molar-refractivity contribution in [2.24, 2.45) is 5.73 Å². The highest BCUT2D eigenvalue weighted by Gasteiger charge is 2.31. The second-order valence-electron chi connectivity index (χ2n) is 4.51. The zero-order chi connectivity index (χ0) is 15.6. The average molecular weight is 299 g/mol. The number of aromatic nitrogens is 2. The van der Waals surface area contributed by atoms with Crippen LogP contribution in [-0.4, -0.2) is 16.9 Å². The standard InChI is InChI=1S/C14H16F3N3O/c1-3-20-13(11(21-2)8-19-20)12(18)9-5-4-6-10(7-9)14(15,16)17/h4-8,12H,3,18H2,1-2H3. The summed E-state index contributed by atoms with van der Waals surface area (Å²) in [6, 6.07) is 4.23. The lowest BCUT2D eigenvalue weighted by Crippen LogP contribution is -2.18. The third-order valence-corrected chi connectivity index (χ3v) is 3.23. The normalized spacial score (nSPS) is 13.2. The molecule has 0 saturated carbocycles. The van der Waals surface area contributed by atoms with Crippen molar-refractivity contribution in [3.63, 3.8) is 0 Å². The number of aryl methyl sites for hydroxylation is 1. The first-order chi connectivity index (χ1) is 9.88. The maximum Gasteiger partial charge on any atom is 0.416 e. The van der Waals surface area contributed by atoms with E-state index in [1.54, 1.807) is 10.7 Å². The van der Waals surface area contributed by atoms with Gasteiger partial charge >= 0.3 is 6.18 Å². The lowest BCUT2D eigenvalue weighted by Gasteiger charge is -2.17. The summed E-state index contributed by atoms with van der Waals surface area (Å²) in [5.74, 6) is 0.460. The average Bonchev–Trinajstić information content (AvgIpc) is 2.88. The summed E-state index contributed by atoms with van der Waals surface area (Å²) >= 11 is 0. The van der Waals surface area contributed by atoms with Crippen LogP contribution in [-0.2, 0) is 12.7 Å². The number of alkyl halides is 3. The molecule has 7 heteroatoms. The van der Waals surface area contributed by atoms with E-state index in [2.05, 4.69) is 5.10 Å². The van der Waals surface area contributed by atoms with E-state index >= 15 is 0 Å². The second kappa shape index (κ2) is 5.77. The van der Waals surface area contributed by atoms with Crippen molar-refractivity contribution in [2.45, 2.75) is 25.7 Å². The van der Waals surface area contributed by atoms with Crippen LogP contribution in [0.15, 0.2) is 30.5 Å². The highest BCUT2D eigenvalue weighted by molar-refractivity contribution is 5.38. The molecule has 2 aromatic rings. The fraction of sp³-hybridized carbons (Fsp3) is 0.357. The minimum Gasteiger partial charge on any atom is -0.493 e. The minimum atomic E-state index is -4.40. The van der Waals surface area contributed by atoms with Gasteiger partial charge in [0.1, 0.15) is 5.69 Å². The number of ether oxygens (including phenoxy) is 1. The first-order valence-corrected chi connectivity index (χ1v) is 6.41. The SMILES string of the molecule is CCn1ncc(OC)c1C(N)c1cccc(C(F)(F)F)c1. The number of benzene rings is 1. The Morgan fingerprint density at radius 1 is 1.38 bits per heavy atom. The van der Waals surface area contributed by atoms with Crippen LogP contribution in [0.1, 0.15) is 29.8 Å². The van der Waals surface area contributed by atoms with Gasteiger partial charge in [0, 0.05) is 6.54 Å². The Morgan fingerprint density at radius 3 is 2.67 bits per heavy atom. The molecule has 0 spiro atoms. The zero-order valence-electron chi connectivity index (χ0n) is 11.7. The Hall–Kier alpha value is -2.02. The van der Waals surface area contributed by atoms with Crippen molar-refractivity contribution in [2.75, 3.05) is 7.11 Å². The topological polar surface area (TPSA) is 53.1 Å². The van der Waals surface area contributed by atoms with Crippen LogP contribution in [0.25, 0.3) is 0 Å². The summed E-state index contributed by atoms with van der Waals surface area (Å²) in [6.45, 7) is 2.42. The second-order valence-corrected chi connectivity index (χ2v) is 4.51. The van der Waals surface area contributed by atoms with E-state index in [-0.39, 0.29) is 0 Å². The van der Waals surface area contributed by atoms with Gasteiger partial charge in [-0.15, -0.1) is 0 Å². The molecule has 2 N–H and O–H groups in total. The van der Waals surface area contributed by atoms with Crippen molar-refractivity contribution in [3.05, 3.63) is 47.3 Å². The van der Waals surface area contributed by atoms with Crippen LogP contribution in [0.4, 0.5) is 13.2 Å². The first-order valence-electron chi connectivity index (χ1n) is 6.41. The molecule has 0 aliphatic heterocycles. The quantitative estimate of drug-likeness (QED) is 0.944. The summed E-state index contributed by atoms with van der Waals surface area (Å²) in [4.78, 5) is 0. The number of hydrogen-bond acceptors (Lipinski definition) is 3. The predicted octanol–water partition coefficient (Wildman–Crippen LogP) is 2.98. The molecule has 0 amide bonds. The molecule has 1 heterocycles. The van der Waals surface area contributed by atoms with E-state index in [4.69, 9.17) is 10.5 Å². The Morgan fingerprint density at radius 2 is 2.10 bits per heavy atom. The maximum absolute atomic E-state index is 12.8. The largest absolute Gasteiger partial charge is 0.493 e. The molecule has 4 nitrogen and oxygen atoms in total. The summed E-state index contributed by atoms with van der Waals surface area (Å²) in [6.07, 6.45) is -2.89. The third-order valence-electron chi connectivity index (χ3n) is 3.23. The van der Waals surface area contributed by atoms with E-state index in [0.29, 0.717) is 23.6 Å². The molecule has 0 aliphatic rings. The molecular weight excluding hydrogens is 283 g/mol. The maximum atomic E-state index is 12.8. The smallest absolute Gasteiger partial charge is 0.416 e. The molecule has 1 atom stereocenters. The van der Waals surface area contributed by atoms with Crippen molar-refractivity contribution in [1.82, 2.24) is 9.78 Å². The molecule has 2 rings (SSSR count). The van der Waals surface area contributed by atoms with E-state index in [9.17, 15) is 13.2 Å². The van der Waals surface area contributed by atoms with Crippen molar-refractivity contribution < 1.29 is 17.9 Å². The van der Waals surface area contributed by atoms with Gasteiger partial charge in [-0.2, -0.15) is 18.3 Å². The van der Waals surface area contributed by atoms with Gasteiger partial charge in [-0.05, 0) is 24.6 Å². The number of nitrogens with two attached hydrogens (primary N) is 1. The molecule has 1 aromatic heterocycles. The zero-order valence-corrected chi connectivity index (χ0v) is 11.7. The Labute approximate surface area is 120 Å². The van der Waals surface area contributed by atoms with E-state index < -0.39 is 17.8 Å². The molecule has 21 heavy (non-hydrogen) atoms. The van der Waals surface area contributed by atoms with Crippen LogP contribution in [0.3, 0.4) is 0 Å². The number of methoxy groups -OCH3 is 1. The highest BCUT2D eigenvalue weighted by Crippen LogP contribution is 2.33. The first kappa shape index (κ1) is 15.4. The highest BCUT2D eigenvalue weighted by atomic mass is 19.4. The van der Waals surface area contributed by atoms with Crippen molar-refractivity contribution in [3.8, 4) is 5.75 Å². The third kappa shape index (κ3) is 3.02. The van der Waals surface area contributed by atoms with Crippen molar-refractivity contribution >= 4 is 0 Å². The molecule has 0 radical (unpaired) electrons. The molecule has 1 unspecified atom stereocenters. The molecule has 0 aliphatic carbocycles.